The van der Waals surface area contributed by atoms with Crippen molar-refractivity contribution in [2.24, 2.45) is 0 Å². The van der Waals surface area contributed by atoms with Crippen LogP contribution >= 0.6 is 0 Å². The molecule has 0 atom stereocenters. The summed E-state index contributed by atoms with van der Waals surface area (Å²) in [6.07, 6.45) is 0. The molecule has 0 fully saturated rings. The van der Waals surface area contributed by atoms with E-state index in [1.165, 1.54) is 6.07 Å². The minimum absolute atomic E-state index is 0.156. The summed E-state index contributed by atoms with van der Waals surface area (Å²) >= 11 is -3.76. The first kappa shape index (κ1) is 17.6. The molecule has 22 heavy (non-hydrogen) atoms. The molecule has 0 aliphatic heterocycles. The molecule has 0 saturated heterocycles. The summed E-state index contributed by atoms with van der Waals surface area (Å²) < 4.78 is 40.7. The average Bonchev–Trinajstić information content (AvgIpc) is 2.46. The van der Waals surface area contributed by atoms with Crippen molar-refractivity contribution in [1.29, 1.82) is 0 Å². The van der Waals surface area contributed by atoms with E-state index in [4.69, 9.17) is 0 Å². The Kier molecular flexibility index (Phi) is 5.08. The molecule has 0 aliphatic carbocycles. The number of halogens is 1. The number of hydrogen-bond donors (Lipinski definition) is 0. The molecule has 0 heterocycles. The van der Waals surface area contributed by atoms with Crippen LogP contribution in [0.15, 0.2) is 53.4 Å². The Morgan fingerprint density at radius 1 is 0.955 bits per heavy atom. The maximum absolute atomic E-state index is 15.1. The van der Waals surface area contributed by atoms with Crippen molar-refractivity contribution in [3.8, 4) is 0 Å². The molecule has 0 aliphatic rings. The molecule has 0 amide bonds. The maximum atomic E-state index is 15.1. The number of sulfone groups is 1. The molecule has 2 aromatic carbocycles. The number of benzene rings is 2. The predicted octanol–water partition coefficient (Wildman–Crippen LogP) is 2.64. The normalized spacial score (nSPS) is 12.6. The van der Waals surface area contributed by atoms with Gasteiger partial charge in [-0.25, -0.2) is 0 Å². The van der Waals surface area contributed by atoms with E-state index in [1.54, 1.807) is 51.1 Å². The second-order valence-electron chi connectivity index (χ2n) is 6.20. The zero-order valence-electron chi connectivity index (χ0n) is 13.2. The molecular weight excluding hydrogens is 496 g/mol. The molecule has 0 bridgehead atoms. The summed E-state index contributed by atoms with van der Waals surface area (Å²) in [5, 5.41) is 0. The van der Waals surface area contributed by atoms with E-state index >= 15 is 2.63 Å². The fourth-order valence-electron chi connectivity index (χ4n) is 1.99. The zero-order chi connectivity index (χ0) is 16.5. The second-order valence-corrected chi connectivity index (χ2v) is 14.9. The number of hydrogen-bond acceptors (Lipinski definition) is 2. The van der Waals surface area contributed by atoms with Crippen molar-refractivity contribution in [2.75, 3.05) is 0 Å². The Morgan fingerprint density at radius 2 is 1.50 bits per heavy atom. The van der Waals surface area contributed by atoms with Gasteiger partial charge >= 0.3 is 141 Å². The van der Waals surface area contributed by atoms with Crippen LogP contribution in [0, 0.1) is 6.92 Å². The quantitative estimate of drug-likeness (QED) is 0.589. The minimum atomic E-state index is -3.76. The van der Waals surface area contributed by atoms with Gasteiger partial charge < -0.3 is 0 Å². The van der Waals surface area contributed by atoms with Gasteiger partial charge in [-0.15, -0.1) is 0 Å². The van der Waals surface area contributed by atoms with Crippen LogP contribution in [0.25, 0.3) is 0 Å². The molecule has 5 heteroatoms. The van der Waals surface area contributed by atoms with Gasteiger partial charge in [-0.1, -0.05) is 0 Å². The first-order valence-electron chi connectivity index (χ1n) is 7.01. The van der Waals surface area contributed by atoms with Crippen molar-refractivity contribution >= 4 is 38.7 Å². The predicted molar refractivity (Wildman–Crippen MR) is 90.7 cm³/mol. The number of rotatable bonds is 3. The Bertz CT molecular complexity index is 762. The van der Waals surface area contributed by atoms with Gasteiger partial charge in [-0.05, 0) is 0 Å². The van der Waals surface area contributed by atoms with Gasteiger partial charge in [0.25, 0.3) is 0 Å². The first-order valence-corrected chi connectivity index (χ1v) is 13.3. The Labute approximate surface area is 140 Å². The molecule has 118 valence electrons. The standard InChI is InChI=1S/C10H13O2S.C7H7.Bi.FH/c1-10(2,3)13(11,12)9-7-5-4-6-8-9;1-7-5-3-2-4-6-7;;/h4-7H,1-3H3;3-6H,1H3;;1H/q;;+1;/p-1. The van der Waals surface area contributed by atoms with Gasteiger partial charge in [0.2, 0.25) is 0 Å². The van der Waals surface area contributed by atoms with Gasteiger partial charge in [-0.3, -0.25) is 0 Å². The average molecular weight is 516 g/mol. The van der Waals surface area contributed by atoms with Gasteiger partial charge in [0.05, 0.1) is 0 Å². The third-order valence-corrected chi connectivity index (χ3v) is 12.7. The second kappa shape index (κ2) is 6.37. The van der Waals surface area contributed by atoms with Crippen molar-refractivity contribution < 1.29 is 11.0 Å². The summed E-state index contributed by atoms with van der Waals surface area (Å²) in [6.45, 7) is 6.89. The Hall–Kier alpha value is -0.797. The summed E-state index contributed by atoms with van der Waals surface area (Å²) in [4.78, 5) is 0.156. The first-order chi connectivity index (χ1) is 10.1. The molecular formula is C17H20BiFO2S. The van der Waals surface area contributed by atoms with Crippen molar-refractivity contribution in [3.63, 3.8) is 0 Å². The summed E-state index contributed by atoms with van der Waals surface area (Å²) in [5.41, 5.74) is 1.07. The van der Waals surface area contributed by atoms with Crippen LogP contribution in [0.1, 0.15) is 26.3 Å². The Morgan fingerprint density at radius 3 is 2.05 bits per heavy atom. The van der Waals surface area contributed by atoms with E-state index in [9.17, 15) is 8.42 Å². The van der Waals surface area contributed by atoms with E-state index in [-0.39, 0.29) is 4.90 Å². The van der Waals surface area contributed by atoms with Crippen LogP contribution in [0.5, 0.6) is 0 Å². The molecule has 0 unspecified atom stereocenters. The molecule has 0 spiro atoms. The SMILES string of the molecule is Cc1cc[c]([Bi]([F])[c]2ccccc2S(=O)(=O)C(C)(C)C)cc1. The topological polar surface area (TPSA) is 34.1 Å². The van der Waals surface area contributed by atoms with E-state index in [2.05, 4.69) is 0 Å². The summed E-state index contributed by atoms with van der Waals surface area (Å²) in [6, 6.07) is 13.9. The fourth-order valence-corrected chi connectivity index (χ4v) is 9.92. The monoisotopic (exact) mass is 516 g/mol. The van der Waals surface area contributed by atoms with E-state index < -0.39 is 36.9 Å². The molecule has 2 nitrogen and oxygen atoms in total. The van der Waals surface area contributed by atoms with E-state index in [0.717, 1.165) is 5.56 Å². The van der Waals surface area contributed by atoms with Gasteiger partial charge in [-0.2, -0.15) is 0 Å². The third kappa shape index (κ3) is 3.41. The molecule has 2 aromatic rings. The van der Waals surface area contributed by atoms with E-state index in [1.807, 2.05) is 19.1 Å². The van der Waals surface area contributed by atoms with Crippen molar-refractivity contribution in [1.82, 2.24) is 0 Å². The van der Waals surface area contributed by atoms with Crippen LogP contribution < -0.4 is 6.54 Å². The summed E-state index contributed by atoms with van der Waals surface area (Å²) in [5.74, 6) is 0. The van der Waals surface area contributed by atoms with Crippen molar-refractivity contribution in [3.05, 3.63) is 54.1 Å². The van der Waals surface area contributed by atoms with Crippen LogP contribution in [-0.4, -0.2) is 35.5 Å². The van der Waals surface area contributed by atoms with Crippen molar-refractivity contribution in [2.45, 2.75) is 37.3 Å². The molecule has 0 radical (unpaired) electrons. The fraction of sp³-hybridized carbons (Fsp3) is 0.294. The number of aryl methyl sites for hydroxylation is 1. The van der Waals surface area contributed by atoms with Gasteiger partial charge in [0.15, 0.2) is 0 Å². The van der Waals surface area contributed by atoms with E-state index in [0.29, 0.717) is 6.54 Å². The Balaban J connectivity index is 2.56. The van der Waals surface area contributed by atoms with Crippen LogP contribution in [0.3, 0.4) is 0 Å². The van der Waals surface area contributed by atoms with Gasteiger partial charge in [0, 0.05) is 0 Å². The van der Waals surface area contributed by atoms with Crippen LogP contribution in [0.4, 0.5) is 2.63 Å². The van der Waals surface area contributed by atoms with Gasteiger partial charge in [0.1, 0.15) is 0 Å². The third-order valence-electron chi connectivity index (χ3n) is 3.43. The zero-order valence-corrected chi connectivity index (χ0v) is 17.5. The molecule has 0 saturated carbocycles. The molecule has 2 rings (SSSR count). The summed E-state index contributed by atoms with van der Waals surface area (Å²) in [7, 11) is -3.56. The van der Waals surface area contributed by atoms with Crippen LogP contribution in [0.2, 0.25) is 0 Å². The molecule has 0 N–H and O–H groups in total. The van der Waals surface area contributed by atoms with Crippen LogP contribution in [-0.2, 0) is 9.84 Å². The molecule has 0 aromatic heterocycles.